The van der Waals surface area contributed by atoms with Gasteiger partial charge in [-0.15, -0.1) is 10.2 Å². The van der Waals surface area contributed by atoms with E-state index in [4.69, 9.17) is 0 Å². The summed E-state index contributed by atoms with van der Waals surface area (Å²) in [6.45, 7) is -0.00670. The molecule has 1 N–H and O–H groups in total. The van der Waals surface area contributed by atoms with Gasteiger partial charge in [0.1, 0.15) is 11.6 Å². The Morgan fingerprint density at radius 3 is 2.60 bits per heavy atom. The molecular formula is C24H18F4N6O. The number of hydrogen-bond acceptors (Lipinski definition) is 4. The fraction of sp³-hybridized carbons (Fsp3) is 0.167. The molecule has 5 rings (SSSR count). The van der Waals surface area contributed by atoms with Crippen LogP contribution in [0.5, 0.6) is 0 Å². The first-order valence-electron chi connectivity index (χ1n) is 10.7. The third-order valence-electron chi connectivity index (χ3n) is 5.60. The van der Waals surface area contributed by atoms with Crippen molar-refractivity contribution in [3.63, 3.8) is 0 Å². The van der Waals surface area contributed by atoms with E-state index in [1.165, 1.54) is 10.7 Å². The van der Waals surface area contributed by atoms with Gasteiger partial charge in [-0.05, 0) is 24.3 Å². The first-order chi connectivity index (χ1) is 16.8. The lowest BCUT2D eigenvalue weighted by Crippen LogP contribution is -2.27. The van der Waals surface area contributed by atoms with Crippen LogP contribution >= 0.6 is 0 Å². The van der Waals surface area contributed by atoms with Gasteiger partial charge in [0.15, 0.2) is 11.3 Å². The van der Waals surface area contributed by atoms with Crippen LogP contribution in [0, 0.1) is 5.82 Å². The summed E-state index contributed by atoms with van der Waals surface area (Å²) in [5, 5.41) is 15.8. The fourth-order valence-corrected chi connectivity index (χ4v) is 3.93. The molecular weight excluding hydrogens is 464 g/mol. The lowest BCUT2D eigenvalue weighted by molar-refractivity contribution is -0.140. The van der Waals surface area contributed by atoms with E-state index in [2.05, 4.69) is 20.6 Å². The van der Waals surface area contributed by atoms with Crippen LogP contribution in [-0.2, 0) is 19.1 Å². The number of benzene rings is 2. The molecule has 3 aromatic heterocycles. The number of nitrogens with zero attached hydrogens (tertiary/aromatic N) is 5. The number of rotatable bonds is 6. The summed E-state index contributed by atoms with van der Waals surface area (Å²) in [7, 11) is 0. The molecule has 0 fully saturated rings. The summed E-state index contributed by atoms with van der Waals surface area (Å²) in [6, 6.07) is 15.4. The van der Waals surface area contributed by atoms with Crippen molar-refractivity contribution >= 4 is 22.5 Å². The highest BCUT2D eigenvalue weighted by Gasteiger charge is 2.35. The average molecular weight is 482 g/mol. The minimum atomic E-state index is -4.81. The van der Waals surface area contributed by atoms with Gasteiger partial charge in [0.05, 0.1) is 17.6 Å². The lowest BCUT2D eigenvalue weighted by Gasteiger charge is -2.11. The Labute approximate surface area is 196 Å². The molecule has 0 aliphatic rings. The number of para-hydroxylation sites is 1. The van der Waals surface area contributed by atoms with Crippen molar-refractivity contribution in [2.45, 2.75) is 19.1 Å². The summed E-state index contributed by atoms with van der Waals surface area (Å²) >= 11 is 0. The molecule has 0 unspecified atom stereocenters. The smallest absolute Gasteiger partial charge is 0.350 e. The molecule has 0 saturated heterocycles. The Morgan fingerprint density at radius 2 is 1.77 bits per heavy atom. The van der Waals surface area contributed by atoms with Crippen molar-refractivity contribution in [3.8, 4) is 0 Å². The number of nitrogens with one attached hydrogen (secondary N) is 1. The summed E-state index contributed by atoms with van der Waals surface area (Å²) in [5.41, 5.74) is -0.235. The molecule has 7 nitrogen and oxygen atoms in total. The van der Waals surface area contributed by atoms with Crippen LogP contribution in [0.25, 0.3) is 16.6 Å². The van der Waals surface area contributed by atoms with Crippen LogP contribution in [0.4, 0.5) is 17.6 Å². The largest absolute Gasteiger partial charge is 0.419 e. The number of carbonyl (C=O) groups is 1. The van der Waals surface area contributed by atoms with Crippen molar-refractivity contribution in [2.75, 3.05) is 6.54 Å². The molecule has 0 aliphatic carbocycles. The zero-order chi connectivity index (χ0) is 24.6. The normalized spacial score (nSPS) is 11.9. The fourth-order valence-electron chi connectivity index (χ4n) is 3.93. The van der Waals surface area contributed by atoms with Crippen molar-refractivity contribution in [2.24, 2.45) is 0 Å². The van der Waals surface area contributed by atoms with Crippen LogP contribution in [0.2, 0.25) is 0 Å². The van der Waals surface area contributed by atoms with E-state index in [-0.39, 0.29) is 24.3 Å². The molecule has 35 heavy (non-hydrogen) atoms. The summed E-state index contributed by atoms with van der Waals surface area (Å²) < 4.78 is 57.1. The van der Waals surface area contributed by atoms with Crippen LogP contribution < -0.4 is 5.32 Å². The molecule has 0 saturated carbocycles. The van der Waals surface area contributed by atoms with Gasteiger partial charge in [-0.2, -0.15) is 18.3 Å². The Morgan fingerprint density at radius 1 is 0.971 bits per heavy atom. The molecule has 5 aromatic rings. The lowest BCUT2D eigenvalue weighted by atomic mass is 10.1. The van der Waals surface area contributed by atoms with E-state index in [0.717, 1.165) is 6.07 Å². The van der Waals surface area contributed by atoms with Gasteiger partial charge < -0.3 is 5.32 Å². The molecule has 0 bridgehead atoms. The zero-order valence-electron chi connectivity index (χ0n) is 18.1. The number of carbonyl (C=O) groups excluding carboxylic acids is 1. The standard InChI is InChI=1S/C24H18F4N6O/c25-21-15(6-5-8-17(21)24(26,27)28)14-34-18-9-2-1-7-16(18)22(32-34)23(35)29-12-11-20-31-30-19-10-3-4-13-33(19)20/h1-10,13H,11-12,14H2,(H,29,35). The van der Waals surface area contributed by atoms with Gasteiger partial charge >= 0.3 is 6.18 Å². The van der Waals surface area contributed by atoms with Gasteiger partial charge in [0.2, 0.25) is 0 Å². The van der Waals surface area contributed by atoms with Crippen LogP contribution in [0.3, 0.4) is 0 Å². The van der Waals surface area contributed by atoms with Gasteiger partial charge in [-0.1, -0.05) is 36.4 Å². The van der Waals surface area contributed by atoms with Crippen LogP contribution in [-0.4, -0.2) is 36.8 Å². The van der Waals surface area contributed by atoms with E-state index in [1.807, 2.05) is 28.8 Å². The number of amides is 1. The highest BCUT2D eigenvalue weighted by atomic mass is 19.4. The van der Waals surface area contributed by atoms with Gasteiger partial charge in [-0.3, -0.25) is 13.9 Å². The maximum absolute atomic E-state index is 14.6. The topological polar surface area (TPSA) is 77.1 Å². The first-order valence-corrected chi connectivity index (χ1v) is 10.7. The van der Waals surface area contributed by atoms with E-state index >= 15 is 0 Å². The Balaban J connectivity index is 1.38. The molecule has 0 aliphatic heterocycles. The summed E-state index contributed by atoms with van der Waals surface area (Å²) in [4.78, 5) is 12.9. The maximum atomic E-state index is 14.6. The second-order valence-corrected chi connectivity index (χ2v) is 7.85. The molecule has 2 aromatic carbocycles. The summed E-state index contributed by atoms with van der Waals surface area (Å²) in [6.07, 6.45) is -2.56. The van der Waals surface area contributed by atoms with Crippen LogP contribution in [0.1, 0.15) is 27.4 Å². The average Bonchev–Trinajstić information content (AvgIpc) is 3.41. The van der Waals surface area contributed by atoms with Crippen molar-refractivity contribution < 1.29 is 22.4 Å². The number of aromatic nitrogens is 5. The minimum Gasteiger partial charge on any atom is -0.350 e. The first kappa shape index (κ1) is 22.5. The predicted molar refractivity (Wildman–Crippen MR) is 119 cm³/mol. The van der Waals surface area contributed by atoms with E-state index < -0.39 is 23.5 Å². The Kier molecular flexibility index (Phi) is 5.67. The molecule has 11 heteroatoms. The number of halogens is 4. The highest BCUT2D eigenvalue weighted by Crippen LogP contribution is 2.33. The van der Waals surface area contributed by atoms with Gasteiger partial charge in [0, 0.05) is 30.1 Å². The van der Waals surface area contributed by atoms with E-state index in [0.29, 0.717) is 34.9 Å². The maximum Gasteiger partial charge on any atom is 0.419 e. The Hall–Kier alpha value is -4.28. The molecule has 0 spiro atoms. The SMILES string of the molecule is O=C(NCCc1nnc2ccccn12)c1nn(Cc2cccc(C(F)(F)F)c2F)c2ccccc12. The summed E-state index contributed by atoms with van der Waals surface area (Å²) in [5.74, 6) is -1.14. The van der Waals surface area contributed by atoms with E-state index in [1.54, 1.807) is 24.3 Å². The number of fused-ring (bicyclic) bond motifs is 2. The van der Waals surface area contributed by atoms with Crippen molar-refractivity contribution in [1.29, 1.82) is 0 Å². The molecule has 0 atom stereocenters. The predicted octanol–water partition coefficient (Wildman–Crippen LogP) is 4.26. The zero-order valence-corrected chi connectivity index (χ0v) is 18.1. The number of hydrogen-bond donors (Lipinski definition) is 1. The third kappa shape index (κ3) is 4.32. The monoisotopic (exact) mass is 482 g/mol. The second-order valence-electron chi connectivity index (χ2n) is 7.85. The minimum absolute atomic E-state index is 0.0964. The molecule has 1 amide bonds. The van der Waals surface area contributed by atoms with E-state index in [9.17, 15) is 22.4 Å². The molecule has 178 valence electrons. The molecule has 3 heterocycles. The van der Waals surface area contributed by atoms with Crippen molar-refractivity contribution in [3.05, 3.63) is 95.3 Å². The number of pyridine rings is 1. The number of alkyl halides is 3. The Bertz CT molecular complexity index is 1540. The second kappa shape index (κ2) is 8.82. The van der Waals surface area contributed by atoms with Gasteiger partial charge in [-0.25, -0.2) is 4.39 Å². The van der Waals surface area contributed by atoms with Crippen LogP contribution in [0.15, 0.2) is 66.9 Å². The quantitative estimate of drug-likeness (QED) is 0.367. The third-order valence-corrected chi connectivity index (χ3v) is 5.60. The molecule has 0 radical (unpaired) electrons. The van der Waals surface area contributed by atoms with Crippen molar-refractivity contribution in [1.82, 2.24) is 29.7 Å². The highest BCUT2D eigenvalue weighted by molar-refractivity contribution is 6.04. The van der Waals surface area contributed by atoms with Gasteiger partial charge in [0.25, 0.3) is 5.91 Å².